The van der Waals surface area contributed by atoms with E-state index in [1.165, 1.54) is 0 Å². The highest BCUT2D eigenvalue weighted by atomic mass is 16.6. The third-order valence-corrected chi connectivity index (χ3v) is 4.10. The molecule has 0 aliphatic carbocycles. The molecule has 0 spiro atoms. The molecule has 0 bridgehead atoms. The Labute approximate surface area is 142 Å². The van der Waals surface area contributed by atoms with Crippen LogP contribution in [-0.2, 0) is 4.74 Å². The maximum Gasteiger partial charge on any atom is 0.410 e. The summed E-state index contributed by atoms with van der Waals surface area (Å²) in [5.41, 5.74) is 0.532. The fourth-order valence-electron chi connectivity index (χ4n) is 2.68. The molecule has 1 aromatic carbocycles. The van der Waals surface area contributed by atoms with Gasteiger partial charge in [-0.25, -0.2) is 9.59 Å². The summed E-state index contributed by atoms with van der Waals surface area (Å²) >= 11 is 0. The van der Waals surface area contributed by atoms with Crippen LogP contribution in [0.25, 0.3) is 0 Å². The van der Waals surface area contributed by atoms with Gasteiger partial charge in [-0.05, 0) is 64.8 Å². The van der Waals surface area contributed by atoms with Gasteiger partial charge in [0, 0.05) is 24.3 Å². The van der Waals surface area contributed by atoms with Crippen molar-refractivity contribution >= 4 is 17.7 Å². The van der Waals surface area contributed by atoms with Crippen LogP contribution in [0.4, 0.5) is 10.5 Å². The van der Waals surface area contributed by atoms with Gasteiger partial charge in [0.15, 0.2) is 0 Å². The zero-order valence-corrected chi connectivity index (χ0v) is 14.8. The maximum absolute atomic E-state index is 12.1. The molecule has 1 amide bonds. The van der Waals surface area contributed by atoms with Crippen molar-refractivity contribution in [2.45, 2.75) is 51.7 Å². The summed E-state index contributed by atoms with van der Waals surface area (Å²) in [5, 5.41) is 12.4. The quantitative estimate of drug-likeness (QED) is 0.883. The zero-order chi connectivity index (χ0) is 18.0. The van der Waals surface area contributed by atoms with Crippen LogP contribution in [0.15, 0.2) is 24.3 Å². The fraction of sp³-hybridized carbons (Fsp3) is 0.556. The lowest BCUT2D eigenvalue weighted by Gasteiger charge is -2.40. The second kappa shape index (κ2) is 6.71. The largest absolute Gasteiger partial charge is 0.478 e. The van der Waals surface area contributed by atoms with Gasteiger partial charge in [0.05, 0.1) is 5.56 Å². The predicted molar refractivity (Wildman–Crippen MR) is 92.5 cm³/mol. The monoisotopic (exact) mass is 334 g/mol. The van der Waals surface area contributed by atoms with E-state index in [2.05, 4.69) is 12.2 Å². The SMILES string of the molecule is CC1(Nc2ccc(C(=O)O)cc2)CCN(C(=O)OC(C)(C)C)CC1. The van der Waals surface area contributed by atoms with Crippen LogP contribution >= 0.6 is 0 Å². The van der Waals surface area contributed by atoms with Gasteiger partial charge in [-0.15, -0.1) is 0 Å². The molecular formula is C18H26N2O4. The van der Waals surface area contributed by atoms with Gasteiger partial charge < -0.3 is 20.1 Å². The number of nitrogens with zero attached hydrogens (tertiary/aromatic N) is 1. The number of piperidine rings is 1. The number of hydrogen-bond donors (Lipinski definition) is 2. The van der Waals surface area contributed by atoms with Gasteiger partial charge in [0.2, 0.25) is 0 Å². The molecule has 1 fully saturated rings. The standard InChI is InChI=1S/C18H26N2O4/c1-17(2,3)24-16(23)20-11-9-18(4,10-12-20)19-14-7-5-13(6-8-14)15(21)22/h5-8,19H,9-12H2,1-4H3,(H,21,22). The molecule has 1 aliphatic heterocycles. The van der Waals surface area contributed by atoms with E-state index in [1.807, 2.05) is 20.8 Å². The van der Waals surface area contributed by atoms with Crippen molar-refractivity contribution in [1.29, 1.82) is 0 Å². The first kappa shape index (κ1) is 18.1. The number of rotatable bonds is 3. The first-order chi connectivity index (χ1) is 11.1. The van der Waals surface area contributed by atoms with Crippen LogP contribution < -0.4 is 5.32 Å². The number of carbonyl (C=O) groups excluding carboxylic acids is 1. The highest BCUT2D eigenvalue weighted by Gasteiger charge is 2.33. The minimum absolute atomic E-state index is 0.136. The molecule has 1 saturated heterocycles. The van der Waals surface area contributed by atoms with Crippen molar-refractivity contribution in [2.24, 2.45) is 0 Å². The van der Waals surface area contributed by atoms with Crippen LogP contribution in [0.3, 0.4) is 0 Å². The second-order valence-electron chi connectivity index (χ2n) is 7.54. The second-order valence-corrected chi connectivity index (χ2v) is 7.54. The Balaban J connectivity index is 1.92. The number of anilines is 1. The van der Waals surface area contributed by atoms with Crippen LogP contribution in [0.5, 0.6) is 0 Å². The number of carboxylic acids is 1. The molecule has 0 unspecified atom stereocenters. The summed E-state index contributed by atoms with van der Waals surface area (Å²) in [6, 6.07) is 6.72. The number of nitrogens with one attached hydrogen (secondary N) is 1. The van der Waals surface area contributed by atoms with Gasteiger partial charge in [-0.2, -0.15) is 0 Å². The molecule has 0 saturated carbocycles. The molecule has 6 nitrogen and oxygen atoms in total. The number of aromatic carboxylic acids is 1. The lowest BCUT2D eigenvalue weighted by molar-refractivity contribution is 0.0184. The Hall–Kier alpha value is -2.24. The number of likely N-dealkylation sites (tertiary alicyclic amines) is 1. The van der Waals surface area contributed by atoms with E-state index in [4.69, 9.17) is 9.84 Å². The molecule has 2 rings (SSSR count). The third-order valence-electron chi connectivity index (χ3n) is 4.10. The summed E-state index contributed by atoms with van der Waals surface area (Å²) in [6.07, 6.45) is 1.33. The number of hydrogen-bond acceptors (Lipinski definition) is 4. The Morgan fingerprint density at radius 2 is 1.71 bits per heavy atom. The van der Waals surface area contributed by atoms with Crippen LogP contribution in [-0.4, -0.2) is 46.3 Å². The van der Waals surface area contributed by atoms with Gasteiger partial charge in [-0.1, -0.05) is 0 Å². The molecule has 132 valence electrons. The normalized spacial score (nSPS) is 17.2. The highest BCUT2D eigenvalue weighted by molar-refractivity contribution is 5.88. The van der Waals surface area contributed by atoms with E-state index >= 15 is 0 Å². The first-order valence-electron chi connectivity index (χ1n) is 8.17. The van der Waals surface area contributed by atoms with E-state index in [-0.39, 0.29) is 17.2 Å². The number of benzene rings is 1. The summed E-state index contributed by atoms with van der Waals surface area (Å²) in [6.45, 7) is 8.96. The average Bonchev–Trinajstić information content (AvgIpc) is 2.46. The molecule has 0 atom stereocenters. The molecular weight excluding hydrogens is 308 g/mol. The van der Waals surface area contributed by atoms with Crippen LogP contribution in [0, 0.1) is 0 Å². The summed E-state index contributed by atoms with van der Waals surface area (Å²) in [7, 11) is 0. The van der Waals surface area contributed by atoms with E-state index in [9.17, 15) is 9.59 Å². The number of carboxylic acid groups (broad SMARTS) is 1. The molecule has 2 N–H and O–H groups in total. The average molecular weight is 334 g/mol. The molecule has 24 heavy (non-hydrogen) atoms. The third kappa shape index (κ3) is 4.88. The maximum atomic E-state index is 12.1. The summed E-state index contributed by atoms with van der Waals surface area (Å²) < 4.78 is 5.41. The molecule has 1 aromatic rings. The van der Waals surface area contributed by atoms with Gasteiger partial charge >= 0.3 is 12.1 Å². The van der Waals surface area contributed by atoms with Crippen molar-refractivity contribution in [3.05, 3.63) is 29.8 Å². The predicted octanol–water partition coefficient (Wildman–Crippen LogP) is 3.59. The fourth-order valence-corrected chi connectivity index (χ4v) is 2.68. The van der Waals surface area contributed by atoms with Crippen molar-refractivity contribution in [1.82, 2.24) is 4.90 Å². The summed E-state index contributed by atoms with van der Waals surface area (Å²) in [4.78, 5) is 24.7. The molecule has 0 radical (unpaired) electrons. The molecule has 6 heteroatoms. The lowest BCUT2D eigenvalue weighted by Crippen LogP contribution is -2.50. The Morgan fingerprint density at radius 3 is 2.17 bits per heavy atom. The van der Waals surface area contributed by atoms with Crippen LogP contribution in [0.1, 0.15) is 50.9 Å². The number of ether oxygens (including phenoxy) is 1. The highest BCUT2D eigenvalue weighted by Crippen LogP contribution is 2.27. The minimum atomic E-state index is -0.932. The van der Waals surface area contributed by atoms with Crippen LogP contribution in [0.2, 0.25) is 0 Å². The van der Waals surface area contributed by atoms with E-state index in [1.54, 1.807) is 29.2 Å². The number of carbonyl (C=O) groups is 2. The first-order valence-corrected chi connectivity index (χ1v) is 8.17. The molecule has 1 heterocycles. The Bertz CT molecular complexity index is 596. The van der Waals surface area contributed by atoms with Gasteiger partial charge in [-0.3, -0.25) is 0 Å². The Morgan fingerprint density at radius 1 is 1.17 bits per heavy atom. The summed E-state index contributed by atoms with van der Waals surface area (Å²) in [5.74, 6) is -0.932. The molecule has 0 aromatic heterocycles. The van der Waals surface area contributed by atoms with Crippen molar-refractivity contribution in [3.63, 3.8) is 0 Å². The van der Waals surface area contributed by atoms with Gasteiger partial charge in [0.25, 0.3) is 0 Å². The molecule has 1 aliphatic rings. The number of amides is 1. The van der Waals surface area contributed by atoms with Gasteiger partial charge in [0.1, 0.15) is 5.60 Å². The Kier molecular flexibility index (Phi) is 5.06. The minimum Gasteiger partial charge on any atom is -0.478 e. The van der Waals surface area contributed by atoms with Crippen molar-refractivity contribution < 1.29 is 19.4 Å². The zero-order valence-electron chi connectivity index (χ0n) is 14.8. The lowest BCUT2D eigenvalue weighted by atomic mass is 9.89. The van der Waals surface area contributed by atoms with E-state index in [0.29, 0.717) is 13.1 Å². The topological polar surface area (TPSA) is 78.9 Å². The van der Waals surface area contributed by atoms with Crippen molar-refractivity contribution in [2.75, 3.05) is 18.4 Å². The van der Waals surface area contributed by atoms with Crippen molar-refractivity contribution in [3.8, 4) is 0 Å². The van der Waals surface area contributed by atoms with E-state index in [0.717, 1.165) is 18.5 Å². The smallest absolute Gasteiger partial charge is 0.410 e. The van der Waals surface area contributed by atoms with E-state index < -0.39 is 11.6 Å².